The van der Waals surface area contributed by atoms with Gasteiger partial charge < -0.3 is 14.6 Å². The van der Waals surface area contributed by atoms with Gasteiger partial charge in [-0.3, -0.25) is 0 Å². The lowest BCUT2D eigenvalue weighted by atomic mass is 10.2. The maximum Gasteiger partial charge on any atom is 0.121 e. The Hall–Kier alpha value is -1.22. The van der Waals surface area contributed by atoms with Gasteiger partial charge in [0.15, 0.2) is 0 Å². The molecule has 0 aliphatic rings. The van der Waals surface area contributed by atoms with Crippen LogP contribution in [0.1, 0.15) is 27.2 Å². The number of ether oxygens (including phenoxy) is 2. The van der Waals surface area contributed by atoms with E-state index in [4.69, 9.17) is 9.47 Å². The summed E-state index contributed by atoms with van der Waals surface area (Å²) in [7, 11) is 0. The van der Waals surface area contributed by atoms with E-state index in [0.29, 0.717) is 0 Å². The minimum absolute atomic E-state index is 0.206. The maximum absolute atomic E-state index is 9.30. The SMILES string of the molecule is CCCOc1ccc(OC(C)C(C)O)cc1. The molecule has 0 aliphatic heterocycles. The fraction of sp³-hybridized carbons (Fsp3) is 0.538. The van der Waals surface area contributed by atoms with E-state index in [1.54, 1.807) is 6.92 Å². The molecule has 0 aromatic heterocycles. The summed E-state index contributed by atoms with van der Waals surface area (Å²) in [5.74, 6) is 1.59. The second-order valence-corrected chi connectivity index (χ2v) is 3.88. The molecule has 1 aromatic carbocycles. The van der Waals surface area contributed by atoms with Crippen molar-refractivity contribution < 1.29 is 14.6 Å². The Morgan fingerprint density at radius 1 is 1.12 bits per heavy atom. The van der Waals surface area contributed by atoms with Gasteiger partial charge >= 0.3 is 0 Å². The second-order valence-electron chi connectivity index (χ2n) is 3.88. The van der Waals surface area contributed by atoms with Gasteiger partial charge in [-0.05, 0) is 44.5 Å². The molecule has 1 rings (SSSR count). The largest absolute Gasteiger partial charge is 0.494 e. The van der Waals surface area contributed by atoms with Gasteiger partial charge in [0.25, 0.3) is 0 Å². The van der Waals surface area contributed by atoms with E-state index in [0.717, 1.165) is 24.5 Å². The molecule has 16 heavy (non-hydrogen) atoms. The van der Waals surface area contributed by atoms with Crippen molar-refractivity contribution in [1.29, 1.82) is 0 Å². The first-order valence-corrected chi connectivity index (χ1v) is 5.71. The van der Waals surface area contributed by atoms with E-state index in [2.05, 4.69) is 6.92 Å². The Morgan fingerprint density at radius 2 is 1.69 bits per heavy atom. The molecule has 3 heteroatoms. The summed E-state index contributed by atoms with van der Waals surface area (Å²) in [6.45, 7) is 6.35. The first-order chi connectivity index (χ1) is 7.63. The van der Waals surface area contributed by atoms with Crippen molar-refractivity contribution in [2.45, 2.75) is 39.4 Å². The molecule has 90 valence electrons. The van der Waals surface area contributed by atoms with Gasteiger partial charge in [0, 0.05) is 0 Å². The molecule has 0 heterocycles. The third-order valence-electron chi connectivity index (χ3n) is 2.30. The van der Waals surface area contributed by atoms with E-state index in [-0.39, 0.29) is 6.10 Å². The zero-order valence-electron chi connectivity index (χ0n) is 10.1. The first-order valence-electron chi connectivity index (χ1n) is 5.71. The normalized spacial score (nSPS) is 14.2. The Kier molecular flexibility index (Phi) is 5.12. The number of benzene rings is 1. The zero-order chi connectivity index (χ0) is 12.0. The lowest BCUT2D eigenvalue weighted by molar-refractivity contribution is 0.0604. The smallest absolute Gasteiger partial charge is 0.121 e. The molecule has 0 saturated heterocycles. The van der Waals surface area contributed by atoms with Gasteiger partial charge in [-0.15, -0.1) is 0 Å². The third-order valence-corrected chi connectivity index (χ3v) is 2.30. The Labute approximate surface area is 97.0 Å². The molecule has 2 atom stereocenters. The zero-order valence-corrected chi connectivity index (χ0v) is 10.1. The van der Waals surface area contributed by atoms with Crippen LogP contribution in [0.5, 0.6) is 11.5 Å². The van der Waals surface area contributed by atoms with Gasteiger partial charge in [0.05, 0.1) is 12.7 Å². The highest BCUT2D eigenvalue weighted by Crippen LogP contribution is 2.19. The van der Waals surface area contributed by atoms with Crippen LogP contribution in [0.3, 0.4) is 0 Å². The van der Waals surface area contributed by atoms with E-state index in [1.807, 2.05) is 31.2 Å². The van der Waals surface area contributed by atoms with Crippen LogP contribution in [-0.4, -0.2) is 23.9 Å². The summed E-state index contributed by atoms with van der Waals surface area (Å²) in [6, 6.07) is 7.45. The third kappa shape index (κ3) is 4.11. The van der Waals surface area contributed by atoms with E-state index in [1.165, 1.54) is 0 Å². The molecule has 0 saturated carbocycles. The average Bonchev–Trinajstić information content (AvgIpc) is 2.28. The molecule has 0 spiro atoms. The van der Waals surface area contributed by atoms with Crippen molar-refractivity contribution in [2.75, 3.05) is 6.61 Å². The van der Waals surface area contributed by atoms with Crippen molar-refractivity contribution >= 4 is 0 Å². The number of rotatable bonds is 6. The van der Waals surface area contributed by atoms with Gasteiger partial charge in [-0.2, -0.15) is 0 Å². The van der Waals surface area contributed by atoms with Crippen molar-refractivity contribution in [3.05, 3.63) is 24.3 Å². The minimum atomic E-state index is -0.476. The number of hydrogen-bond acceptors (Lipinski definition) is 3. The van der Waals surface area contributed by atoms with Crippen molar-refractivity contribution in [2.24, 2.45) is 0 Å². The first kappa shape index (κ1) is 12.8. The molecule has 1 N–H and O–H groups in total. The predicted octanol–water partition coefficient (Wildman–Crippen LogP) is 2.62. The van der Waals surface area contributed by atoms with Crippen molar-refractivity contribution in [1.82, 2.24) is 0 Å². The Balaban J connectivity index is 2.51. The van der Waals surface area contributed by atoms with Crippen LogP contribution in [0.15, 0.2) is 24.3 Å². The highest BCUT2D eigenvalue weighted by Gasteiger charge is 2.09. The molecule has 3 nitrogen and oxygen atoms in total. The Bertz CT molecular complexity index is 293. The standard InChI is InChI=1S/C13H20O3/c1-4-9-15-12-5-7-13(8-6-12)16-11(3)10(2)14/h5-8,10-11,14H,4,9H2,1-3H3. The molecule has 0 bridgehead atoms. The van der Waals surface area contributed by atoms with Gasteiger partial charge in [0.1, 0.15) is 17.6 Å². The predicted molar refractivity (Wildman–Crippen MR) is 64.0 cm³/mol. The molecular formula is C13H20O3. The number of hydrogen-bond donors (Lipinski definition) is 1. The molecule has 2 unspecified atom stereocenters. The van der Waals surface area contributed by atoms with Crippen LogP contribution >= 0.6 is 0 Å². The van der Waals surface area contributed by atoms with Gasteiger partial charge in [0.2, 0.25) is 0 Å². The summed E-state index contributed by atoms with van der Waals surface area (Å²) in [4.78, 5) is 0. The van der Waals surface area contributed by atoms with Crippen LogP contribution in [-0.2, 0) is 0 Å². The molecule has 0 amide bonds. The molecular weight excluding hydrogens is 204 g/mol. The molecule has 0 radical (unpaired) electrons. The lowest BCUT2D eigenvalue weighted by Gasteiger charge is -2.17. The van der Waals surface area contributed by atoms with Crippen molar-refractivity contribution in [3.63, 3.8) is 0 Å². The fourth-order valence-electron chi connectivity index (χ4n) is 1.15. The molecule has 0 aliphatic carbocycles. The van der Waals surface area contributed by atoms with Gasteiger partial charge in [-0.25, -0.2) is 0 Å². The second kappa shape index (κ2) is 6.38. The summed E-state index contributed by atoms with van der Waals surface area (Å²) in [6.07, 6.45) is 0.315. The van der Waals surface area contributed by atoms with Crippen LogP contribution in [0.2, 0.25) is 0 Å². The minimum Gasteiger partial charge on any atom is -0.494 e. The Morgan fingerprint density at radius 3 is 2.19 bits per heavy atom. The summed E-state index contributed by atoms with van der Waals surface area (Å²) < 4.78 is 11.0. The summed E-state index contributed by atoms with van der Waals surface area (Å²) in [5.41, 5.74) is 0. The van der Waals surface area contributed by atoms with Crippen LogP contribution in [0.4, 0.5) is 0 Å². The summed E-state index contributed by atoms with van der Waals surface area (Å²) >= 11 is 0. The quantitative estimate of drug-likeness (QED) is 0.807. The van der Waals surface area contributed by atoms with E-state index in [9.17, 15) is 5.11 Å². The maximum atomic E-state index is 9.30. The highest BCUT2D eigenvalue weighted by molar-refractivity contribution is 5.31. The van der Waals surface area contributed by atoms with Crippen LogP contribution in [0, 0.1) is 0 Å². The highest BCUT2D eigenvalue weighted by atomic mass is 16.5. The van der Waals surface area contributed by atoms with E-state index < -0.39 is 6.10 Å². The van der Waals surface area contributed by atoms with Crippen LogP contribution < -0.4 is 9.47 Å². The fourth-order valence-corrected chi connectivity index (χ4v) is 1.15. The molecule has 0 fully saturated rings. The average molecular weight is 224 g/mol. The lowest BCUT2D eigenvalue weighted by Crippen LogP contribution is -2.25. The molecule has 1 aromatic rings. The number of aliphatic hydroxyl groups excluding tert-OH is 1. The van der Waals surface area contributed by atoms with Crippen molar-refractivity contribution in [3.8, 4) is 11.5 Å². The van der Waals surface area contributed by atoms with Crippen LogP contribution in [0.25, 0.3) is 0 Å². The topological polar surface area (TPSA) is 38.7 Å². The summed E-state index contributed by atoms with van der Waals surface area (Å²) in [5, 5.41) is 9.30. The van der Waals surface area contributed by atoms with Gasteiger partial charge in [-0.1, -0.05) is 6.92 Å². The number of aliphatic hydroxyl groups is 1. The van der Waals surface area contributed by atoms with E-state index >= 15 is 0 Å². The monoisotopic (exact) mass is 224 g/mol.